The van der Waals surface area contributed by atoms with E-state index >= 15 is 0 Å². The average Bonchev–Trinajstić information content (AvgIpc) is 3.75. The molecule has 0 aliphatic heterocycles. The number of fused-ring (bicyclic) bond motifs is 3. The predicted molar refractivity (Wildman–Crippen MR) is 211 cm³/mol. The zero-order chi connectivity index (χ0) is 37.8. The Bertz CT molecular complexity index is 2360. The summed E-state index contributed by atoms with van der Waals surface area (Å²) in [7, 11) is 0. The molecule has 0 aromatic carbocycles. The quantitative estimate of drug-likeness (QED) is 0.234. The van der Waals surface area contributed by atoms with E-state index in [-0.39, 0.29) is 0 Å². The summed E-state index contributed by atoms with van der Waals surface area (Å²) in [5.41, 5.74) is 10.6. The van der Waals surface area contributed by atoms with Gasteiger partial charge in [0.25, 0.3) is 0 Å². The molecule has 0 nitrogen and oxygen atoms in total. The molecule has 15 bridgehead atoms. The molecule has 30 unspecified atom stereocenters. The normalized spacial score (nSPS) is 96.1. The summed E-state index contributed by atoms with van der Waals surface area (Å²) in [6.45, 7) is 54.5. The predicted octanol–water partition coefficient (Wildman–Crippen LogP) is 12.4. The molecule has 0 amide bonds. The topological polar surface area (TPSA) is 0 Å². The van der Waals surface area contributed by atoms with Crippen molar-refractivity contribution >= 4 is 0 Å². The van der Waals surface area contributed by atoms with Crippen molar-refractivity contribution in [2.75, 3.05) is 0 Å². The Morgan fingerprint density at radius 2 is 0.944 bits per heavy atom. The summed E-state index contributed by atoms with van der Waals surface area (Å²) in [6.07, 6.45) is 8.07. The smallest absolute Gasteiger partial charge is 0.00716 e. The minimum absolute atomic E-state index is 0.429. The molecule has 0 heterocycles. The first-order valence-corrected chi connectivity index (χ1v) is 24.6. The highest BCUT2D eigenvalue weighted by atomic mass is 15.3. The third-order valence-corrected chi connectivity index (χ3v) is 37.4. The first-order chi connectivity index (χ1) is 24.6. The number of hydrogen-bond acceptors (Lipinski definition) is 0. The van der Waals surface area contributed by atoms with Crippen LogP contribution >= 0.6 is 0 Å². The molecule has 5 spiro atoms. The second kappa shape index (κ2) is 5.53. The number of hydrogen-bond donors (Lipinski definition) is 0. The first kappa shape index (κ1) is 30.1. The molecule has 20 saturated carbocycles. The van der Waals surface area contributed by atoms with E-state index in [2.05, 4.69) is 125 Å². The summed E-state index contributed by atoms with van der Waals surface area (Å²) in [4.78, 5) is 0. The Balaban J connectivity index is 1.06. The molecule has 0 heteroatoms. The Kier molecular flexibility index (Phi) is 3.08. The third-order valence-electron chi connectivity index (χ3n) is 37.4. The van der Waals surface area contributed by atoms with Gasteiger partial charge in [-0.1, -0.05) is 125 Å². The second-order valence-electron chi connectivity index (χ2n) is 31.2. The fraction of sp³-hybridized carbons (Fsp3) is 1.00. The first-order valence-electron chi connectivity index (χ1n) is 24.6. The average molecular weight is 723 g/mol. The fourth-order valence-electron chi connectivity index (χ4n) is 37.9. The minimum Gasteiger partial charge on any atom is -0.0614 e. The van der Waals surface area contributed by atoms with Crippen LogP contribution in [0, 0.1) is 173 Å². The lowest BCUT2D eigenvalue weighted by molar-refractivity contribution is -0.663. The van der Waals surface area contributed by atoms with Gasteiger partial charge in [0.1, 0.15) is 0 Å². The Hall–Kier alpha value is 0. The van der Waals surface area contributed by atoms with Crippen LogP contribution in [0.2, 0.25) is 0 Å². The van der Waals surface area contributed by atoms with E-state index in [1.165, 1.54) is 0 Å². The summed E-state index contributed by atoms with van der Waals surface area (Å²) in [6, 6.07) is 0. The molecule has 30 atom stereocenters. The highest BCUT2D eigenvalue weighted by Crippen LogP contribution is 3.27. The maximum absolute atomic E-state index is 3.20. The van der Waals surface area contributed by atoms with E-state index in [0.29, 0.717) is 114 Å². The van der Waals surface area contributed by atoms with E-state index < -0.39 is 0 Å². The summed E-state index contributed by atoms with van der Waals surface area (Å²) < 4.78 is 0. The van der Waals surface area contributed by atoms with Crippen LogP contribution in [0.25, 0.3) is 0 Å². The molecule has 20 aliphatic carbocycles. The largest absolute Gasteiger partial charge is 0.0614 e. The summed E-state index contributed by atoms with van der Waals surface area (Å²) in [5.74, 6) is 9.87. The summed E-state index contributed by atoms with van der Waals surface area (Å²) in [5, 5.41) is 0. The maximum atomic E-state index is 3.20. The van der Waals surface area contributed by atoms with Crippen LogP contribution in [-0.2, 0) is 0 Å². The van der Waals surface area contributed by atoms with Crippen molar-refractivity contribution < 1.29 is 0 Å². The molecule has 0 N–H and O–H groups in total. The molecule has 0 aromatic heterocycles. The van der Waals surface area contributed by atoms with Gasteiger partial charge in [-0.3, -0.25) is 0 Å². The van der Waals surface area contributed by atoms with Crippen molar-refractivity contribution in [2.24, 2.45) is 173 Å². The van der Waals surface area contributed by atoms with Gasteiger partial charge < -0.3 is 0 Å². The Labute approximate surface area is 328 Å². The lowest BCUT2D eigenvalue weighted by Gasteiger charge is -3.12. The molecule has 20 rings (SSSR count). The molecule has 0 aromatic rings. The van der Waals surface area contributed by atoms with Crippen LogP contribution in [0.4, 0.5) is 0 Å². The zero-order valence-electron chi connectivity index (χ0n) is 37.8. The van der Waals surface area contributed by atoms with Crippen LogP contribution < -0.4 is 0 Å². The van der Waals surface area contributed by atoms with Crippen molar-refractivity contribution in [3.05, 3.63) is 0 Å². The Morgan fingerprint density at radius 3 is 1.57 bits per heavy atom. The van der Waals surface area contributed by atoms with Crippen LogP contribution in [-0.4, -0.2) is 0 Å². The fourth-order valence-corrected chi connectivity index (χ4v) is 37.9. The molecule has 0 radical (unpaired) electrons. The lowest BCUT2D eigenvalue weighted by Crippen LogP contribution is -3.09. The van der Waals surface area contributed by atoms with Crippen molar-refractivity contribution in [2.45, 2.75) is 157 Å². The van der Waals surface area contributed by atoms with Crippen LogP contribution in [0.15, 0.2) is 0 Å². The van der Waals surface area contributed by atoms with Gasteiger partial charge in [-0.25, -0.2) is 0 Å². The van der Waals surface area contributed by atoms with E-state index in [0.717, 1.165) is 59.2 Å². The molecule has 290 valence electrons. The molecular formula is C54H74. The van der Waals surface area contributed by atoms with E-state index in [1.54, 1.807) is 32.1 Å². The molecule has 54 heavy (non-hydrogen) atoms. The van der Waals surface area contributed by atoms with Crippen molar-refractivity contribution in [1.29, 1.82) is 0 Å². The molecule has 20 aliphatic rings. The van der Waals surface area contributed by atoms with Crippen molar-refractivity contribution in [3.63, 3.8) is 0 Å². The molecule has 0 saturated heterocycles. The standard InChI is InChI=1S/C54H74/c1-24-34(2,3)53-20-26-28-30-31-43(12)36(5)22-50(31)33-45(14,48(36,50)17)37(6)23-51(33)32-29-27-25-19-35(4)21-52(25,41(30,10)42(28,11)54(26,53)49(43,18)38(24,53)7)46(35,15)40(27,9)39(29,8)44(32,13)47(37,51)16/h24-33H,19-23H2,1-18H3. The SMILES string of the molecule is CC1C(C)(C)C23CC4C5C6C7C89CC%10(C)C7(C)C(C)(C12C)C43C5(C)C6(C)C12CC3(C)CC1C1C4C5C67CC(C)(C(C)(C86)C9%10C)C7(C)C5(C)C4(C)C1(C)C32C. The van der Waals surface area contributed by atoms with Crippen LogP contribution in [0.1, 0.15) is 157 Å². The maximum Gasteiger partial charge on any atom is -0.00716 e. The van der Waals surface area contributed by atoms with E-state index in [4.69, 9.17) is 0 Å². The van der Waals surface area contributed by atoms with Crippen molar-refractivity contribution in [3.8, 4) is 0 Å². The van der Waals surface area contributed by atoms with Gasteiger partial charge in [0.05, 0.1) is 0 Å². The minimum atomic E-state index is 0.429. The van der Waals surface area contributed by atoms with Gasteiger partial charge >= 0.3 is 0 Å². The Morgan fingerprint density at radius 1 is 0.407 bits per heavy atom. The van der Waals surface area contributed by atoms with Gasteiger partial charge in [0, 0.05) is 0 Å². The van der Waals surface area contributed by atoms with E-state index in [9.17, 15) is 0 Å². The van der Waals surface area contributed by atoms with Crippen molar-refractivity contribution in [1.82, 2.24) is 0 Å². The van der Waals surface area contributed by atoms with Gasteiger partial charge in [0.2, 0.25) is 0 Å². The highest BCUT2D eigenvalue weighted by molar-refractivity contribution is 5.69. The lowest BCUT2D eigenvalue weighted by atomic mass is 8.91. The van der Waals surface area contributed by atoms with Gasteiger partial charge in [-0.05, 0) is 205 Å². The van der Waals surface area contributed by atoms with Gasteiger partial charge in [-0.2, -0.15) is 0 Å². The van der Waals surface area contributed by atoms with Gasteiger partial charge in [-0.15, -0.1) is 0 Å². The summed E-state index contributed by atoms with van der Waals surface area (Å²) >= 11 is 0. The van der Waals surface area contributed by atoms with Gasteiger partial charge in [0.15, 0.2) is 0 Å². The number of rotatable bonds is 0. The monoisotopic (exact) mass is 723 g/mol. The van der Waals surface area contributed by atoms with E-state index in [1.807, 2.05) is 0 Å². The molecular weight excluding hydrogens is 649 g/mol. The second-order valence-corrected chi connectivity index (χ2v) is 31.2. The van der Waals surface area contributed by atoms with Crippen LogP contribution in [0.5, 0.6) is 0 Å². The highest BCUT2D eigenvalue weighted by Gasteiger charge is 3.23. The molecule has 20 fully saturated rings. The van der Waals surface area contributed by atoms with Crippen LogP contribution in [0.3, 0.4) is 0 Å². The third kappa shape index (κ3) is 1.17. The zero-order valence-corrected chi connectivity index (χ0v) is 37.8.